The number of nitrogens with zero attached hydrogens (tertiary/aromatic N) is 1. The topological polar surface area (TPSA) is 62.2 Å². The van der Waals surface area contributed by atoms with Gasteiger partial charge in [0, 0.05) is 12.2 Å². The van der Waals surface area contributed by atoms with Crippen molar-refractivity contribution in [3.05, 3.63) is 35.0 Å². The van der Waals surface area contributed by atoms with Gasteiger partial charge in [0.1, 0.15) is 11.4 Å². The molecule has 0 bridgehead atoms. The zero-order valence-corrected chi connectivity index (χ0v) is 9.79. The third-order valence-corrected chi connectivity index (χ3v) is 2.12. The minimum atomic E-state index is -0.964. The molecule has 86 valence electrons. The lowest BCUT2D eigenvalue weighted by molar-refractivity contribution is 0.0697. The summed E-state index contributed by atoms with van der Waals surface area (Å²) in [5, 5.41) is 12.1. The number of carboxylic acids is 1. The van der Waals surface area contributed by atoms with Gasteiger partial charge in [-0.05, 0) is 32.4 Å². The van der Waals surface area contributed by atoms with Crippen molar-refractivity contribution in [3.8, 4) is 0 Å². The summed E-state index contributed by atoms with van der Waals surface area (Å²) in [5.41, 5.74) is 2.67. The predicted octanol–water partition coefficient (Wildman–Crippen LogP) is 2.38. The maximum absolute atomic E-state index is 11.1. The minimum Gasteiger partial charge on any atom is -0.478 e. The Balaban J connectivity index is 3.13. The summed E-state index contributed by atoms with van der Waals surface area (Å²) in [6, 6.07) is 1.76. The van der Waals surface area contributed by atoms with Crippen molar-refractivity contribution in [1.82, 2.24) is 4.98 Å². The van der Waals surface area contributed by atoms with Gasteiger partial charge in [-0.25, -0.2) is 9.78 Å². The first-order valence-electron chi connectivity index (χ1n) is 5.01. The van der Waals surface area contributed by atoms with Gasteiger partial charge in [0.05, 0.1) is 0 Å². The second-order valence-corrected chi connectivity index (χ2v) is 3.92. The van der Waals surface area contributed by atoms with Crippen molar-refractivity contribution in [2.45, 2.75) is 20.8 Å². The van der Waals surface area contributed by atoms with Crippen LogP contribution in [0.2, 0.25) is 0 Å². The van der Waals surface area contributed by atoms with Crippen LogP contribution in [0.1, 0.15) is 28.5 Å². The number of aromatic carboxylic acids is 1. The van der Waals surface area contributed by atoms with Gasteiger partial charge in [-0.1, -0.05) is 12.2 Å². The zero-order valence-electron chi connectivity index (χ0n) is 9.79. The Bertz CT molecular complexity index is 439. The van der Waals surface area contributed by atoms with E-state index in [0.29, 0.717) is 17.9 Å². The van der Waals surface area contributed by atoms with Crippen LogP contribution in [0.25, 0.3) is 0 Å². The van der Waals surface area contributed by atoms with Crippen molar-refractivity contribution in [1.29, 1.82) is 0 Å². The molecule has 1 aromatic rings. The van der Waals surface area contributed by atoms with Crippen molar-refractivity contribution in [2.24, 2.45) is 0 Å². The first kappa shape index (κ1) is 12.2. The van der Waals surface area contributed by atoms with Crippen LogP contribution in [0.5, 0.6) is 0 Å². The lowest BCUT2D eigenvalue weighted by Gasteiger charge is -2.11. The van der Waals surface area contributed by atoms with Crippen molar-refractivity contribution in [2.75, 3.05) is 11.9 Å². The maximum Gasteiger partial charge on any atom is 0.339 e. The summed E-state index contributed by atoms with van der Waals surface area (Å²) in [7, 11) is 0. The normalized spacial score (nSPS) is 9.94. The fraction of sp³-hybridized carbons (Fsp3) is 0.333. The van der Waals surface area contributed by atoms with E-state index < -0.39 is 5.97 Å². The molecule has 4 heteroatoms. The summed E-state index contributed by atoms with van der Waals surface area (Å²) in [6.07, 6.45) is 0. The first-order valence-corrected chi connectivity index (χ1v) is 5.01. The molecule has 0 radical (unpaired) electrons. The van der Waals surface area contributed by atoms with Crippen molar-refractivity contribution in [3.63, 3.8) is 0 Å². The largest absolute Gasteiger partial charge is 0.478 e. The minimum absolute atomic E-state index is 0.229. The molecule has 0 saturated heterocycles. The standard InChI is InChI=1S/C12H16N2O2/c1-7(2)6-13-11-10(12(15)16)8(3)5-9(4)14-11/h5H,1,6H2,2-4H3,(H,13,14)(H,15,16). The summed E-state index contributed by atoms with van der Waals surface area (Å²) in [6.45, 7) is 9.75. The van der Waals surface area contributed by atoms with E-state index in [0.717, 1.165) is 11.3 Å². The summed E-state index contributed by atoms with van der Waals surface area (Å²) in [4.78, 5) is 15.3. The van der Waals surface area contributed by atoms with Gasteiger partial charge in [-0.3, -0.25) is 0 Å². The molecule has 0 spiro atoms. The molecule has 2 N–H and O–H groups in total. The molecule has 0 atom stereocenters. The molecule has 0 amide bonds. The number of carboxylic acid groups (broad SMARTS) is 1. The number of rotatable bonds is 4. The highest BCUT2D eigenvalue weighted by Gasteiger charge is 2.15. The van der Waals surface area contributed by atoms with E-state index in [9.17, 15) is 4.79 Å². The number of aryl methyl sites for hydroxylation is 2. The molecule has 1 heterocycles. The molecule has 1 rings (SSSR count). The fourth-order valence-corrected chi connectivity index (χ4v) is 1.47. The third kappa shape index (κ3) is 2.82. The van der Waals surface area contributed by atoms with Crippen LogP contribution >= 0.6 is 0 Å². The molecule has 0 fully saturated rings. The summed E-state index contributed by atoms with van der Waals surface area (Å²) >= 11 is 0. The molecule has 0 aromatic carbocycles. The lowest BCUT2D eigenvalue weighted by Crippen LogP contribution is -2.12. The SMILES string of the molecule is C=C(C)CNc1nc(C)cc(C)c1C(=O)O. The van der Waals surface area contributed by atoms with Crippen LogP contribution in [-0.4, -0.2) is 22.6 Å². The van der Waals surface area contributed by atoms with E-state index >= 15 is 0 Å². The predicted molar refractivity (Wildman–Crippen MR) is 64.0 cm³/mol. The average Bonchev–Trinajstić information content (AvgIpc) is 2.12. The smallest absolute Gasteiger partial charge is 0.339 e. The second-order valence-electron chi connectivity index (χ2n) is 3.92. The number of hydrogen-bond acceptors (Lipinski definition) is 3. The highest BCUT2D eigenvalue weighted by atomic mass is 16.4. The Morgan fingerprint density at radius 3 is 2.69 bits per heavy atom. The molecule has 1 aromatic heterocycles. The average molecular weight is 220 g/mol. The van der Waals surface area contributed by atoms with Crippen LogP contribution in [0.3, 0.4) is 0 Å². The van der Waals surface area contributed by atoms with Gasteiger partial charge in [-0.15, -0.1) is 0 Å². The summed E-state index contributed by atoms with van der Waals surface area (Å²) < 4.78 is 0. The number of carbonyl (C=O) groups is 1. The van der Waals surface area contributed by atoms with Crippen LogP contribution in [0, 0.1) is 13.8 Å². The van der Waals surface area contributed by atoms with Gasteiger partial charge < -0.3 is 10.4 Å². The van der Waals surface area contributed by atoms with Crippen molar-refractivity contribution >= 4 is 11.8 Å². The number of nitrogens with one attached hydrogen (secondary N) is 1. The lowest BCUT2D eigenvalue weighted by atomic mass is 10.1. The Morgan fingerprint density at radius 2 is 2.19 bits per heavy atom. The van der Waals surface area contributed by atoms with E-state index in [1.165, 1.54) is 0 Å². The number of anilines is 1. The maximum atomic E-state index is 11.1. The highest BCUT2D eigenvalue weighted by Crippen LogP contribution is 2.18. The number of pyridine rings is 1. The fourth-order valence-electron chi connectivity index (χ4n) is 1.47. The monoisotopic (exact) mass is 220 g/mol. The van der Waals surface area contributed by atoms with E-state index in [4.69, 9.17) is 5.11 Å². The highest BCUT2D eigenvalue weighted by molar-refractivity contribution is 5.94. The molecule has 0 aliphatic carbocycles. The van der Waals surface area contributed by atoms with E-state index in [1.807, 2.05) is 13.8 Å². The molecule has 0 aliphatic heterocycles. The van der Waals surface area contributed by atoms with E-state index in [1.54, 1.807) is 13.0 Å². The van der Waals surface area contributed by atoms with Gasteiger partial charge in [0.15, 0.2) is 0 Å². The Morgan fingerprint density at radius 1 is 1.56 bits per heavy atom. The number of hydrogen-bond donors (Lipinski definition) is 2. The van der Waals surface area contributed by atoms with Crippen LogP contribution in [-0.2, 0) is 0 Å². The molecule has 4 nitrogen and oxygen atoms in total. The summed E-state index contributed by atoms with van der Waals surface area (Å²) in [5.74, 6) is -0.554. The molecule has 0 aliphatic rings. The number of aromatic nitrogens is 1. The molecule has 16 heavy (non-hydrogen) atoms. The van der Waals surface area contributed by atoms with Gasteiger partial charge in [0.2, 0.25) is 0 Å². The molecule has 0 unspecified atom stereocenters. The van der Waals surface area contributed by atoms with Crippen LogP contribution < -0.4 is 5.32 Å². The third-order valence-electron chi connectivity index (χ3n) is 2.12. The molecular formula is C12H16N2O2. The Kier molecular flexibility index (Phi) is 3.66. The van der Waals surface area contributed by atoms with Gasteiger partial charge in [0.25, 0.3) is 0 Å². The van der Waals surface area contributed by atoms with Gasteiger partial charge in [-0.2, -0.15) is 0 Å². The van der Waals surface area contributed by atoms with Gasteiger partial charge >= 0.3 is 5.97 Å². The van der Waals surface area contributed by atoms with Crippen LogP contribution in [0.4, 0.5) is 5.82 Å². The van der Waals surface area contributed by atoms with E-state index in [-0.39, 0.29) is 5.56 Å². The molecule has 0 saturated carbocycles. The Hall–Kier alpha value is -1.84. The quantitative estimate of drug-likeness (QED) is 0.765. The van der Waals surface area contributed by atoms with Crippen molar-refractivity contribution < 1.29 is 9.90 Å². The molecular weight excluding hydrogens is 204 g/mol. The zero-order chi connectivity index (χ0) is 12.3. The first-order chi connectivity index (χ1) is 7.41. The Labute approximate surface area is 95.0 Å². The van der Waals surface area contributed by atoms with E-state index in [2.05, 4.69) is 16.9 Å². The second kappa shape index (κ2) is 4.79. The van der Waals surface area contributed by atoms with Crippen LogP contribution in [0.15, 0.2) is 18.2 Å².